The molecular formula is C39H31NO. The largest absolute Gasteiger partial charge is 0.453 e. The van der Waals surface area contributed by atoms with Gasteiger partial charge in [0.1, 0.15) is 0 Å². The highest BCUT2D eigenvalue weighted by molar-refractivity contribution is 6.05. The van der Waals surface area contributed by atoms with E-state index >= 15 is 0 Å². The Kier molecular flexibility index (Phi) is 4.17. The van der Waals surface area contributed by atoms with Crippen molar-refractivity contribution in [3.05, 3.63) is 119 Å². The first-order valence-corrected chi connectivity index (χ1v) is 14.6. The Balaban J connectivity index is 1.26. The molecule has 0 N–H and O–H groups in total. The number of ether oxygens (including phenoxy) is 1. The van der Waals surface area contributed by atoms with Crippen molar-refractivity contribution in [3.63, 3.8) is 0 Å². The van der Waals surface area contributed by atoms with Gasteiger partial charge in [0.25, 0.3) is 0 Å². The molecule has 198 valence electrons. The third-order valence-corrected chi connectivity index (χ3v) is 10.2. The van der Waals surface area contributed by atoms with Gasteiger partial charge < -0.3 is 9.64 Å². The van der Waals surface area contributed by atoms with Crippen LogP contribution in [0.1, 0.15) is 49.9 Å². The highest BCUT2D eigenvalue weighted by atomic mass is 16.5. The molecule has 0 saturated carbocycles. The molecule has 0 spiro atoms. The molecule has 0 radical (unpaired) electrons. The normalized spacial score (nSPS) is 16.5. The Morgan fingerprint density at radius 3 is 1.41 bits per heavy atom. The van der Waals surface area contributed by atoms with E-state index in [-0.39, 0.29) is 10.8 Å². The number of anilines is 2. The minimum atomic E-state index is -0.103. The molecular weight excluding hydrogens is 498 g/mol. The van der Waals surface area contributed by atoms with Crippen LogP contribution in [0.3, 0.4) is 0 Å². The van der Waals surface area contributed by atoms with Crippen molar-refractivity contribution in [1.82, 2.24) is 0 Å². The van der Waals surface area contributed by atoms with Gasteiger partial charge in [0, 0.05) is 17.9 Å². The standard InChI is InChI=1S/C39H31NO/c1-38(2)28-16-14-22-10-6-8-12-24(22)36(28)26-18-32-34(20-30(26)38)41-35-21-31-27(19-33(35)40(32)5)37-25-13-9-7-11-23(25)15-17-29(37)39(31,3)4/h6-21H,1-5H3. The molecule has 0 fully saturated rings. The van der Waals surface area contributed by atoms with Crippen LogP contribution in [0.4, 0.5) is 11.4 Å². The molecule has 2 nitrogen and oxygen atoms in total. The Morgan fingerprint density at radius 1 is 0.512 bits per heavy atom. The van der Waals surface area contributed by atoms with Crippen molar-refractivity contribution in [2.75, 3.05) is 11.9 Å². The first kappa shape index (κ1) is 23.2. The Hall–Kier alpha value is -4.56. The van der Waals surface area contributed by atoms with E-state index in [0.29, 0.717) is 0 Å². The van der Waals surface area contributed by atoms with Crippen LogP contribution in [-0.2, 0) is 10.8 Å². The van der Waals surface area contributed by atoms with Gasteiger partial charge >= 0.3 is 0 Å². The maximum Gasteiger partial charge on any atom is 0.151 e. The average molecular weight is 530 g/mol. The quantitative estimate of drug-likeness (QED) is 0.194. The highest BCUT2D eigenvalue weighted by Gasteiger charge is 2.41. The van der Waals surface area contributed by atoms with Gasteiger partial charge in [0.05, 0.1) is 11.4 Å². The summed E-state index contributed by atoms with van der Waals surface area (Å²) in [5, 5.41) is 5.21. The average Bonchev–Trinajstić information content (AvgIpc) is 3.34. The summed E-state index contributed by atoms with van der Waals surface area (Å²) in [7, 11) is 2.19. The van der Waals surface area contributed by atoms with Crippen LogP contribution in [-0.4, -0.2) is 7.05 Å². The monoisotopic (exact) mass is 529 g/mol. The van der Waals surface area contributed by atoms with Gasteiger partial charge in [0.15, 0.2) is 11.5 Å². The molecule has 6 aromatic rings. The number of rotatable bonds is 0. The summed E-state index contributed by atoms with van der Waals surface area (Å²) in [6, 6.07) is 36.1. The predicted molar refractivity (Wildman–Crippen MR) is 171 cm³/mol. The topological polar surface area (TPSA) is 12.5 Å². The molecule has 2 heteroatoms. The lowest BCUT2D eigenvalue weighted by Gasteiger charge is -2.33. The first-order chi connectivity index (χ1) is 19.7. The van der Waals surface area contributed by atoms with E-state index < -0.39 is 0 Å². The van der Waals surface area contributed by atoms with Gasteiger partial charge in [-0.3, -0.25) is 0 Å². The number of nitrogens with zero attached hydrogens (tertiary/aromatic N) is 1. The lowest BCUT2D eigenvalue weighted by Crippen LogP contribution is -2.19. The molecule has 0 saturated heterocycles. The molecule has 3 aliphatic rings. The van der Waals surface area contributed by atoms with E-state index in [2.05, 4.69) is 137 Å². The SMILES string of the molecule is CN1c2cc3c(cc2Oc2cc4c(cc21)-c1c(ccc2ccccc12)C4(C)C)C(C)(C)c1ccc2ccccc2c1-3. The summed E-state index contributed by atoms with van der Waals surface area (Å²) in [6.45, 7) is 9.37. The molecule has 0 bridgehead atoms. The third-order valence-electron chi connectivity index (χ3n) is 10.2. The number of benzene rings is 6. The van der Waals surface area contributed by atoms with Crippen molar-refractivity contribution in [2.45, 2.75) is 38.5 Å². The van der Waals surface area contributed by atoms with Crippen LogP contribution in [0.15, 0.2) is 97.1 Å². The van der Waals surface area contributed by atoms with Crippen LogP contribution in [0.2, 0.25) is 0 Å². The molecule has 2 aliphatic carbocycles. The molecule has 0 aromatic heterocycles. The minimum absolute atomic E-state index is 0.103. The molecule has 9 rings (SSSR count). The number of hydrogen-bond donors (Lipinski definition) is 0. The first-order valence-electron chi connectivity index (χ1n) is 14.6. The second-order valence-electron chi connectivity index (χ2n) is 13.1. The maximum atomic E-state index is 6.82. The fourth-order valence-corrected chi connectivity index (χ4v) is 7.98. The Labute approximate surface area is 240 Å². The third kappa shape index (κ3) is 2.78. The maximum absolute atomic E-state index is 6.82. The van der Waals surface area contributed by atoms with E-state index in [1.807, 2.05) is 0 Å². The zero-order chi connectivity index (χ0) is 27.8. The fourth-order valence-electron chi connectivity index (χ4n) is 7.98. The van der Waals surface area contributed by atoms with Crippen LogP contribution >= 0.6 is 0 Å². The molecule has 0 atom stereocenters. The van der Waals surface area contributed by atoms with Crippen molar-refractivity contribution in [1.29, 1.82) is 0 Å². The number of fused-ring (bicyclic) bond motifs is 12. The number of hydrogen-bond acceptors (Lipinski definition) is 2. The molecule has 0 unspecified atom stereocenters. The summed E-state index contributed by atoms with van der Waals surface area (Å²) in [5.41, 5.74) is 12.8. The van der Waals surface area contributed by atoms with Crippen molar-refractivity contribution in [3.8, 4) is 33.8 Å². The molecule has 41 heavy (non-hydrogen) atoms. The fraction of sp³-hybridized carbons (Fsp3) is 0.179. The van der Waals surface area contributed by atoms with Crippen LogP contribution < -0.4 is 9.64 Å². The van der Waals surface area contributed by atoms with Crippen LogP contribution in [0, 0.1) is 0 Å². The Morgan fingerprint density at radius 2 is 0.951 bits per heavy atom. The van der Waals surface area contributed by atoms with Crippen LogP contribution in [0.25, 0.3) is 43.8 Å². The van der Waals surface area contributed by atoms with Crippen molar-refractivity contribution < 1.29 is 4.74 Å². The summed E-state index contributed by atoms with van der Waals surface area (Å²) >= 11 is 0. The molecule has 6 aromatic carbocycles. The van der Waals surface area contributed by atoms with Crippen LogP contribution in [0.5, 0.6) is 11.5 Å². The summed E-state index contributed by atoms with van der Waals surface area (Å²) < 4.78 is 6.82. The van der Waals surface area contributed by atoms with Gasteiger partial charge in [-0.2, -0.15) is 0 Å². The minimum Gasteiger partial charge on any atom is -0.453 e. The van der Waals surface area contributed by atoms with E-state index in [9.17, 15) is 0 Å². The van der Waals surface area contributed by atoms with Crippen molar-refractivity contribution >= 4 is 32.9 Å². The predicted octanol–water partition coefficient (Wildman–Crippen LogP) is 10.5. The van der Waals surface area contributed by atoms with Gasteiger partial charge in [-0.1, -0.05) is 100 Å². The lowest BCUT2D eigenvalue weighted by atomic mass is 9.81. The van der Waals surface area contributed by atoms with E-state index in [1.54, 1.807) is 0 Å². The zero-order valence-corrected chi connectivity index (χ0v) is 24.1. The lowest BCUT2D eigenvalue weighted by molar-refractivity contribution is 0.471. The summed E-state index contributed by atoms with van der Waals surface area (Å²) in [4.78, 5) is 2.33. The van der Waals surface area contributed by atoms with Gasteiger partial charge in [-0.25, -0.2) is 0 Å². The zero-order valence-electron chi connectivity index (χ0n) is 24.1. The molecule has 1 heterocycles. The second-order valence-corrected chi connectivity index (χ2v) is 13.1. The summed E-state index contributed by atoms with van der Waals surface area (Å²) in [6.07, 6.45) is 0. The smallest absolute Gasteiger partial charge is 0.151 e. The van der Waals surface area contributed by atoms with Gasteiger partial charge in [-0.05, 0) is 90.3 Å². The second kappa shape index (κ2) is 7.39. The van der Waals surface area contributed by atoms with E-state index in [0.717, 1.165) is 22.9 Å². The molecule has 0 amide bonds. The van der Waals surface area contributed by atoms with Gasteiger partial charge in [0.2, 0.25) is 0 Å². The van der Waals surface area contributed by atoms with Crippen molar-refractivity contribution in [2.24, 2.45) is 0 Å². The van der Waals surface area contributed by atoms with E-state index in [4.69, 9.17) is 4.74 Å². The summed E-state index contributed by atoms with van der Waals surface area (Å²) in [5.74, 6) is 1.87. The molecule has 1 aliphatic heterocycles. The highest BCUT2D eigenvalue weighted by Crippen LogP contribution is 2.59. The Bertz CT molecular complexity index is 2000. The van der Waals surface area contributed by atoms with Gasteiger partial charge in [-0.15, -0.1) is 0 Å². The van der Waals surface area contributed by atoms with E-state index in [1.165, 1.54) is 66.1 Å².